The van der Waals surface area contributed by atoms with Gasteiger partial charge in [0.05, 0.1) is 16.5 Å². The third-order valence-electron chi connectivity index (χ3n) is 4.63. The topological polar surface area (TPSA) is 78.5 Å². The summed E-state index contributed by atoms with van der Waals surface area (Å²) in [7, 11) is 0. The summed E-state index contributed by atoms with van der Waals surface area (Å²) in [6, 6.07) is 16.5. The van der Waals surface area contributed by atoms with Crippen molar-refractivity contribution in [3.05, 3.63) is 70.7 Å². The SMILES string of the molecule is O=C(NCCNC(=O)C1CC(=O)N(Cc2ccccc2)C1)c1ccccc1Cl. The largest absolute Gasteiger partial charge is 0.354 e. The van der Waals surface area contributed by atoms with Crippen LogP contribution in [-0.2, 0) is 16.1 Å². The number of rotatable bonds is 7. The Hall–Kier alpha value is -2.86. The first-order valence-electron chi connectivity index (χ1n) is 9.16. The van der Waals surface area contributed by atoms with Crippen molar-refractivity contribution in [1.29, 1.82) is 0 Å². The maximum atomic E-state index is 12.3. The second kappa shape index (κ2) is 9.37. The van der Waals surface area contributed by atoms with Crippen molar-refractivity contribution in [2.24, 2.45) is 5.92 Å². The molecule has 2 aromatic rings. The predicted octanol–water partition coefficient (Wildman–Crippen LogP) is 2.23. The molecule has 6 nitrogen and oxygen atoms in total. The molecule has 28 heavy (non-hydrogen) atoms. The summed E-state index contributed by atoms with van der Waals surface area (Å²) in [4.78, 5) is 38.3. The summed E-state index contributed by atoms with van der Waals surface area (Å²) in [6.45, 7) is 1.49. The standard InChI is InChI=1S/C21H22ClN3O3/c22-18-9-5-4-8-17(18)21(28)24-11-10-23-20(27)16-12-19(26)25(14-16)13-15-6-2-1-3-7-15/h1-9,16H,10-14H2,(H,23,27)(H,24,28). The number of nitrogens with one attached hydrogen (secondary N) is 2. The molecule has 146 valence electrons. The Morgan fingerprint density at radius 2 is 1.68 bits per heavy atom. The molecule has 0 saturated carbocycles. The smallest absolute Gasteiger partial charge is 0.252 e. The first kappa shape index (κ1) is 19.9. The summed E-state index contributed by atoms with van der Waals surface area (Å²) < 4.78 is 0. The summed E-state index contributed by atoms with van der Waals surface area (Å²) in [6.07, 6.45) is 0.213. The van der Waals surface area contributed by atoms with Gasteiger partial charge in [-0.25, -0.2) is 0 Å². The van der Waals surface area contributed by atoms with Gasteiger partial charge >= 0.3 is 0 Å². The van der Waals surface area contributed by atoms with Crippen LogP contribution in [-0.4, -0.2) is 42.3 Å². The second-order valence-electron chi connectivity index (χ2n) is 6.69. The van der Waals surface area contributed by atoms with Gasteiger partial charge in [0, 0.05) is 32.6 Å². The predicted molar refractivity (Wildman–Crippen MR) is 107 cm³/mol. The third kappa shape index (κ3) is 5.10. The highest BCUT2D eigenvalue weighted by Crippen LogP contribution is 2.20. The van der Waals surface area contributed by atoms with Crippen LogP contribution in [0.2, 0.25) is 5.02 Å². The van der Waals surface area contributed by atoms with E-state index in [0.29, 0.717) is 30.2 Å². The molecule has 3 amide bonds. The van der Waals surface area contributed by atoms with Gasteiger partial charge in [0.1, 0.15) is 0 Å². The van der Waals surface area contributed by atoms with Crippen molar-refractivity contribution in [3.8, 4) is 0 Å². The van der Waals surface area contributed by atoms with Crippen LogP contribution in [0.4, 0.5) is 0 Å². The second-order valence-corrected chi connectivity index (χ2v) is 7.09. The van der Waals surface area contributed by atoms with E-state index in [-0.39, 0.29) is 36.6 Å². The molecular formula is C21H22ClN3O3. The van der Waals surface area contributed by atoms with Crippen LogP contribution in [0.15, 0.2) is 54.6 Å². The first-order chi connectivity index (χ1) is 13.5. The van der Waals surface area contributed by atoms with Gasteiger partial charge in [-0.2, -0.15) is 0 Å². The average Bonchev–Trinajstić information content (AvgIpc) is 3.06. The molecule has 1 heterocycles. The highest BCUT2D eigenvalue weighted by molar-refractivity contribution is 6.33. The van der Waals surface area contributed by atoms with Gasteiger partial charge in [-0.3, -0.25) is 14.4 Å². The molecule has 1 fully saturated rings. The zero-order chi connectivity index (χ0) is 19.9. The number of halogens is 1. The minimum absolute atomic E-state index is 0.0176. The monoisotopic (exact) mass is 399 g/mol. The molecule has 0 radical (unpaired) electrons. The molecular weight excluding hydrogens is 378 g/mol. The minimum atomic E-state index is -0.365. The van der Waals surface area contributed by atoms with Gasteiger partial charge in [-0.15, -0.1) is 0 Å². The lowest BCUT2D eigenvalue weighted by Crippen LogP contribution is -2.38. The number of hydrogen-bond donors (Lipinski definition) is 2. The Kier molecular flexibility index (Phi) is 6.66. The van der Waals surface area contributed by atoms with E-state index in [4.69, 9.17) is 11.6 Å². The van der Waals surface area contributed by atoms with Gasteiger partial charge in [0.25, 0.3) is 5.91 Å². The quantitative estimate of drug-likeness (QED) is 0.701. The Balaban J connectivity index is 1.41. The van der Waals surface area contributed by atoms with Crippen LogP contribution in [0, 0.1) is 5.92 Å². The number of amides is 3. The zero-order valence-corrected chi connectivity index (χ0v) is 16.1. The molecule has 2 aromatic carbocycles. The van der Waals surface area contributed by atoms with Gasteiger partial charge in [-0.05, 0) is 17.7 Å². The number of hydrogen-bond acceptors (Lipinski definition) is 3. The van der Waals surface area contributed by atoms with Crippen LogP contribution in [0.5, 0.6) is 0 Å². The number of carbonyl (C=O) groups excluding carboxylic acids is 3. The van der Waals surface area contributed by atoms with E-state index < -0.39 is 0 Å². The van der Waals surface area contributed by atoms with E-state index >= 15 is 0 Å². The molecule has 2 N–H and O–H groups in total. The van der Waals surface area contributed by atoms with Crippen molar-refractivity contribution >= 4 is 29.3 Å². The summed E-state index contributed by atoms with van der Waals surface area (Å²) in [5, 5.41) is 5.89. The molecule has 1 aliphatic heterocycles. The van der Waals surface area contributed by atoms with Crippen molar-refractivity contribution in [2.75, 3.05) is 19.6 Å². The molecule has 0 spiro atoms. The number of likely N-dealkylation sites (tertiary alicyclic amines) is 1. The summed E-state index contributed by atoms with van der Waals surface area (Å²) in [5.41, 5.74) is 1.44. The van der Waals surface area contributed by atoms with Crippen LogP contribution in [0.25, 0.3) is 0 Å². The van der Waals surface area contributed by atoms with Gasteiger partial charge < -0.3 is 15.5 Å². The normalized spacial score (nSPS) is 16.1. The van der Waals surface area contributed by atoms with Crippen molar-refractivity contribution < 1.29 is 14.4 Å². The van der Waals surface area contributed by atoms with Crippen LogP contribution in [0.3, 0.4) is 0 Å². The molecule has 1 atom stereocenters. The highest BCUT2D eigenvalue weighted by atomic mass is 35.5. The highest BCUT2D eigenvalue weighted by Gasteiger charge is 2.33. The van der Waals surface area contributed by atoms with E-state index in [9.17, 15) is 14.4 Å². The molecule has 0 bridgehead atoms. The van der Waals surface area contributed by atoms with E-state index in [0.717, 1.165) is 5.56 Å². The summed E-state index contributed by atoms with van der Waals surface area (Å²) >= 11 is 5.99. The van der Waals surface area contributed by atoms with Crippen molar-refractivity contribution in [1.82, 2.24) is 15.5 Å². The maximum Gasteiger partial charge on any atom is 0.252 e. The number of carbonyl (C=O) groups is 3. The van der Waals surface area contributed by atoms with Crippen molar-refractivity contribution in [2.45, 2.75) is 13.0 Å². The van der Waals surface area contributed by atoms with Gasteiger partial charge in [0.2, 0.25) is 11.8 Å². The zero-order valence-electron chi connectivity index (χ0n) is 15.4. The fraction of sp³-hybridized carbons (Fsp3) is 0.286. The maximum absolute atomic E-state index is 12.3. The van der Waals surface area contributed by atoms with Crippen LogP contribution in [0.1, 0.15) is 22.3 Å². The minimum Gasteiger partial charge on any atom is -0.354 e. The molecule has 1 unspecified atom stereocenters. The molecule has 3 rings (SSSR count). The Morgan fingerprint density at radius 1 is 1.00 bits per heavy atom. The Labute approximate surface area is 168 Å². The van der Waals surface area contributed by atoms with E-state index in [1.54, 1.807) is 29.2 Å². The average molecular weight is 400 g/mol. The fourth-order valence-corrected chi connectivity index (χ4v) is 3.37. The lowest BCUT2D eigenvalue weighted by molar-refractivity contribution is -0.129. The van der Waals surface area contributed by atoms with Crippen molar-refractivity contribution in [3.63, 3.8) is 0 Å². The number of nitrogens with zero attached hydrogens (tertiary/aromatic N) is 1. The Bertz CT molecular complexity index is 857. The van der Waals surface area contributed by atoms with Gasteiger partial charge in [0.15, 0.2) is 0 Å². The number of benzene rings is 2. The van der Waals surface area contributed by atoms with E-state index in [2.05, 4.69) is 10.6 Å². The van der Waals surface area contributed by atoms with Crippen LogP contribution < -0.4 is 10.6 Å². The molecule has 0 aliphatic carbocycles. The Morgan fingerprint density at radius 3 is 2.43 bits per heavy atom. The summed E-state index contributed by atoms with van der Waals surface area (Å²) in [5.74, 6) is -0.840. The molecule has 1 aliphatic rings. The molecule has 1 saturated heterocycles. The van der Waals surface area contributed by atoms with E-state index in [1.807, 2.05) is 30.3 Å². The lowest BCUT2D eigenvalue weighted by Gasteiger charge is -2.16. The first-order valence-corrected chi connectivity index (χ1v) is 9.54. The van der Waals surface area contributed by atoms with Gasteiger partial charge in [-0.1, -0.05) is 54.1 Å². The molecule has 0 aromatic heterocycles. The third-order valence-corrected chi connectivity index (χ3v) is 4.96. The fourth-order valence-electron chi connectivity index (χ4n) is 3.15. The van der Waals surface area contributed by atoms with E-state index in [1.165, 1.54) is 0 Å². The molecule has 7 heteroatoms. The van der Waals surface area contributed by atoms with Crippen LogP contribution >= 0.6 is 11.6 Å². The lowest BCUT2D eigenvalue weighted by atomic mass is 10.1.